The summed E-state index contributed by atoms with van der Waals surface area (Å²) >= 11 is 0. The number of hydrogen-bond donors (Lipinski definition) is 0. The predicted molar refractivity (Wildman–Crippen MR) is 289 cm³/mol. The fourth-order valence-electron chi connectivity index (χ4n) is 11.4. The molecule has 14 aromatic rings. The molecule has 10 aromatic carbocycles. The fraction of sp³-hybridized carbons (Fsp3) is 0.0781. The van der Waals surface area contributed by atoms with Gasteiger partial charge in [-0.3, -0.25) is 4.57 Å². The lowest BCUT2D eigenvalue weighted by atomic mass is 9.82. The average Bonchev–Trinajstić information content (AvgIpc) is 4.15. The maximum atomic E-state index is 6.44. The SMILES string of the molecule is CC.CC1(C)c2ccc(-c3cccc4c5ccc6ccccc6c5n(-c5nc(-c6ccc7c(c6)oc6ccccc67)nc(-c6ccc7c(c6)oc6ccccc67)n5)c34)cc2-c2c1ccc1ccccc21. The van der Waals surface area contributed by atoms with Gasteiger partial charge in [0.2, 0.25) is 5.95 Å². The van der Waals surface area contributed by atoms with Crippen LogP contribution >= 0.6 is 0 Å². The molecule has 1 aliphatic rings. The van der Waals surface area contributed by atoms with Gasteiger partial charge in [0.25, 0.3) is 0 Å². The van der Waals surface area contributed by atoms with E-state index in [2.05, 4.69) is 176 Å². The summed E-state index contributed by atoms with van der Waals surface area (Å²) in [5.74, 6) is 1.59. The molecule has 0 saturated heterocycles. The van der Waals surface area contributed by atoms with E-state index in [0.717, 1.165) is 98.7 Å². The Labute approximate surface area is 403 Å². The van der Waals surface area contributed by atoms with Gasteiger partial charge in [-0.25, -0.2) is 4.98 Å². The highest BCUT2D eigenvalue weighted by molar-refractivity contribution is 6.21. The molecule has 4 heterocycles. The van der Waals surface area contributed by atoms with Crippen molar-refractivity contribution in [1.82, 2.24) is 19.5 Å². The van der Waals surface area contributed by atoms with Gasteiger partial charge >= 0.3 is 0 Å². The highest BCUT2D eigenvalue weighted by Crippen LogP contribution is 2.53. The smallest absolute Gasteiger partial charge is 0.238 e. The minimum atomic E-state index is -0.151. The van der Waals surface area contributed by atoms with Gasteiger partial charge in [-0.1, -0.05) is 179 Å². The molecule has 0 amide bonds. The summed E-state index contributed by atoms with van der Waals surface area (Å²) in [4.78, 5) is 16.3. The van der Waals surface area contributed by atoms with Gasteiger partial charge < -0.3 is 8.83 Å². The summed E-state index contributed by atoms with van der Waals surface area (Å²) in [5.41, 5.74) is 14.3. The van der Waals surface area contributed by atoms with Crippen LogP contribution in [0.2, 0.25) is 0 Å². The molecule has 1 aliphatic carbocycles. The number of para-hydroxylation sites is 3. The number of fused-ring (bicyclic) bond motifs is 16. The first kappa shape index (κ1) is 40.2. The van der Waals surface area contributed by atoms with Crippen molar-refractivity contribution in [3.05, 3.63) is 205 Å². The average molecular weight is 901 g/mol. The summed E-state index contributed by atoms with van der Waals surface area (Å²) in [5, 5.41) is 11.2. The Morgan fingerprint density at radius 1 is 0.371 bits per heavy atom. The van der Waals surface area contributed by atoms with Crippen molar-refractivity contribution in [3.8, 4) is 51.0 Å². The Morgan fingerprint density at radius 3 is 1.54 bits per heavy atom. The van der Waals surface area contributed by atoms with E-state index in [-0.39, 0.29) is 5.41 Å². The normalized spacial score (nSPS) is 13.0. The topological polar surface area (TPSA) is 69.9 Å². The Kier molecular flexibility index (Phi) is 8.66. The molecule has 0 bridgehead atoms. The van der Waals surface area contributed by atoms with Crippen LogP contribution in [0.1, 0.15) is 38.8 Å². The molecular weight excluding hydrogens is 857 g/mol. The first-order valence-electron chi connectivity index (χ1n) is 24.2. The van der Waals surface area contributed by atoms with E-state index in [1.165, 1.54) is 33.0 Å². The molecular formula is C64H44N4O2. The van der Waals surface area contributed by atoms with Crippen molar-refractivity contribution < 1.29 is 8.83 Å². The highest BCUT2D eigenvalue weighted by atomic mass is 16.3. The van der Waals surface area contributed by atoms with Gasteiger partial charge in [-0.05, 0) is 86.4 Å². The number of nitrogens with zero attached hydrogens (tertiary/aromatic N) is 4. The molecule has 6 nitrogen and oxygen atoms in total. The first-order valence-corrected chi connectivity index (χ1v) is 24.2. The van der Waals surface area contributed by atoms with Gasteiger partial charge in [0, 0.05) is 59.8 Å². The standard InChI is InChI=1S/C62H38N4O2.C2H6/c1-62(2)50-30-26-37(32-49(50)56-40-14-5-3-12-35(40)25-31-51(56)62)42-18-11-19-47-48-29-22-36-13-4-6-15-41(36)57(48)66(58(42)47)61-64-59(38-23-27-45-43-16-7-9-20-52(43)67-54(45)33-38)63-60(65-61)39-24-28-46-44-17-8-10-21-53(44)68-55(46)34-39;1-2/h3-34H,1-2H3;1-2H3. The van der Waals surface area contributed by atoms with Crippen LogP contribution in [0, 0.1) is 0 Å². The van der Waals surface area contributed by atoms with E-state index < -0.39 is 0 Å². The van der Waals surface area contributed by atoms with Crippen molar-refractivity contribution >= 4 is 87.2 Å². The highest BCUT2D eigenvalue weighted by Gasteiger charge is 2.37. The second-order valence-corrected chi connectivity index (χ2v) is 18.7. The largest absolute Gasteiger partial charge is 0.456 e. The van der Waals surface area contributed by atoms with E-state index in [4.69, 9.17) is 23.8 Å². The van der Waals surface area contributed by atoms with Crippen molar-refractivity contribution in [2.45, 2.75) is 33.1 Å². The van der Waals surface area contributed by atoms with Crippen LogP contribution in [-0.4, -0.2) is 19.5 Å². The van der Waals surface area contributed by atoms with Crippen LogP contribution in [-0.2, 0) is 5.41 Å². The molecule has 0 atom stereocenters. The summed E-state index contributed by atoms with van der Waals surface area (Å²) in [7, 11) is 0. The molecule has 4 aromatic heterocycles. The van der Waals surface area contributed by atoms with Gasteiger partial charge in [0.1, 0.15) is 22.3 Å². The second-order valence-electron chi connectivity index (χ2n) is 18.7. The minimum absolute atomic E-state index is 0.151. The molecule has 0 fully saturated rings. The lowest BCUT2D eigenvalue weighted by Gasteiger charge is -2.21. The van der Waals surface area contributed by atoms with E-state index in [1.54, 1.807) is 0 Å². The number of furan rings is 2. The van der Waals surface area contributed by atoms with Gasteiger partial charge in [-0.15, -0.1) is 0 Å². The molecule has 0 saturated carbocycles. The Balaban J connectivity index is 0.00000227. The van der Waals surface area contributed by atoms with E-state index in [1.807, 2.05) is 50.2 Å². The third-order valence-corrected chi connectivity index (χ3v) is 14.6. The third-order valence-electron chi connectivity index (χ3n) is 14.6. The molecule has 0 unspecified atom stereocenters. The summed E-state index contributed by atoms with van der Waals surface area (Å²) < 4.78 is 15.2. The van der Waals surface area contributed by atoms with E-state index in [9.17, 15) is 0 Å². The molecule has 0 radical (unpaired) electrons. The molecule has 0 aliphatic heterocycles. The monoisotopic (exact) mass is 900 g/mol. The lowest BCUT2D eigenvalue weighted by molar-refractivity contribution is 0.661. The fourth-order valence-corrected chi connectivity index (χ4v) is 11.4. The Morgan fingerprint density at radius 2 is 0.871 bits per heavy atom. The van der Waals surface area contributed by atoms with Gasteiger partial charge in [0.15, 0.2) is 11.6 Å². The maximum Gasteiger partial charge on any atom is 0.238 e. The zero-order chi connectivity index (χ0) is 46.8. The minimum Gasteiger partial charge on any atom is -0.456 e. The van der Waals surface area contributed by atoms with Gasteiger partial charge in [0.05, 0.1) is 11.0 Å². The summed E-state index contributed by atoms with van der Waals surface area (Å²) in [6, 6.07) is 69.0. The first-order chi connectivity index (χ1) is 34.4. The van der Waals surface area contributed by atoms with E-state index in [0.29, 0.717) is 17.6 Å². The van der Waals surface area contributed by atoms with Crippen molar-refractivity contribution in [2.75, 3.05) is 0 Å². The van der Waals surface area contributed by atoms with Crippen LogP contribution in [0.25, 0.3) is 138 Å². The van der Waals surface area contributed by atoms with Gasteiger partial charge in [-0.2, -0.15) is 9.97 Å². The molecule has 70 heavy (non-hydrogen) atoms. The molecule has 15 rings (SSSR count). The zero-order valence-corrected chi connectivity index (χ0v) is 39.1. The summed E-state index contributed by atoms with van der Waals surface area (Å²) in [6.45, 7) is 8.70. The lowest BCUT2D eigenvalue weighted by Crippen LogP contribution is -2.14. The van der Waals surface area contributed by atoms with Crippen LogP contribution in [0.4, 0.5) is 0 Å². The third kappa shape index (κ3) is 5.77. The summed E-state index contributed by atoms with van der Waals surface area (Å²) in [6.07, 6.45) is 0. The molecule has 0 spiro atoms. The number of benzene rings is 10. The number of hydrogen-bond acceptors (Lipinski definition) is 5. The quantitative estimate of drug-likeness (QED) is 0.176. The van der Waals surface area contributed by atoms with Crippen LogP contribution in [0.3, 0.4) is 0 Å². The van der Waals surface area contributed by atoms with Crippen molar-refractivity contribution in [1.29, 1.82) is 0 Å². The second kappa shape index (κ2) is 15.1. The van der Waals surface area contributed by atoms with Crippen LogP contribution in [0.15, 0.2) is 203 Å². The zero-order valence-electron chi connectivity index (χ0n) is 39.1. The van der Waals surface area contributed by atoms with Crippen LogP contribution < -0.4 is 0 Å². The Bertz CT molecular complexity index is 4360. The maximum absolute atomic E-state index is 6.44. The van der Waals surface area contributed by atoms with E-state index >= 15 is 0 Å². The molecule has 0 N–H and O–H groups in total. The van der Waals surface area contributed by atoms with Crippen molar-refractivity contribution in [3.63, 3.8) is 0 Å². The number of aromatic nitrogens is 4. The number of rotatable bonds is 4. The van der Waals surface area contributed by atoms with Crippen LogP contribution in [0.5, 0.6) is 0 Å². The molecule has 332 valence electrons. The van der Waals surface area contributed by atoms with Crippen molar-refractivity contribution in [2.24, 2.45) is 0 Å². The Hall–Kier alpha value is -8.87. The predicted octanol–water partition coefficient (Wildman–Crippen LogP) is 17.4. The molecule has 6 heteroatoms.